The molecule has 1 aromatic carbocycles. The average molecular weight is 290 g/mol. The zero-order chi connectivity index (χ0) is 15.6. The van der Waals surface area contributed by atoms with E-state index in [9.17, 15) is 14.7 Å². The Labute approximate surface area is 125 Å². The van der Waals surface area contributed by atoms with E-state index < -0.39 is 17.9 Å². The van der Waals surface area contributed by atoms with E-state index in [0.29, 0.717) is 18.7 Å². The fraction of sp³-hybridized carbons (Fsp3) is 0.500. The van der Waals surface area contributed by atoms with Crippen LogP contribution in [0, 0.1) is 6.92 Å². The SMILES string of the molecule is Cc1cccc(C(C)C)c1NC(=O)C(=O)N1CC[C@@H](O)C1. The lowest BCUT2D eigenvalue weighted by molar-refractivity contribution is -0.142. The van der Waals surface area contributed by atoms with Gasteiger partial charge < -0.3 is 15.3 Å². The molecule has 1 saturated heterocycles. The fourth-order valence-corrected chi connectivity index (χ4v) is 2.58. The minimum atomic E-state index is -0.639. The Hall–Kier alpha value is -1.88. The van der Waals surface area contributed by atoms with Gasteiger partial charge in [-0.05, 0) is 30.4 Å². The number of aryl methyl sites for hydroxylation is 1. The van der Waals surface area contributed by atoms with Gasteiger partial charge in [-0.1, -0.05) is 32.0 Å². The summed E-state index contributed by atoms with van der Waals surface area (Å²) in [6.07, 6.45) is 0.00658. The Bertz CT molecular complexity index is 554. The summed E-state index contributed by atoms with van der Waals surface area (Å²) in [5, 5.41) is 12.2. The molecule has 1 aliphatic rings. The zero-order valence-electron chi connectivity index (χ0n) is 12.7. The number of aliphatic hydroxyl groups is 1. The van der Waals surface area contributed by atoms with Crippen molar-refractivity contribution < 1.29 is 14.7 Å². The molecule has 21 heavy (non-hydrogen) atoms. The molecular weight excluding hydrogens is 268 g/mol. The second kappa shape index (κ2) is 6.26. The van der Waals surface area contributed by atoms with E-state index in [-0.39, 0.29) is 12.5 Å². The number of rotatable bonds is 2. The number of nitrogens with one attached hydrogen (secondary N) is 1. The highest BCUT2D eigenvalue weighted by atomic mass is 16.3. The minimum Gasteiger partial charge on any atom is -0.391 e. The second-order valence-electron chi connectivity index (χ2n) is 5.84. The van der Waals surface area contributed by atoms with Crippen molar-refractivity contribution in [3.63, 3.8) is 0 Å². The zero-order valence-corrected chi connectivity index (χ0v) is 12.7. The van der Waals surface area contributed by atoms with Crippen LogP contribution in [-0.2, 0) is 9.59 Å². The number of para-hydroxylation sites is 1. The van der Waals surface area contributed by atoms with Gasteiger partial charge in [0.25, 0.3) is 0 Å². The Balaban J connectivity index is 2.14. The van der Waals surface area contributed by atoms with Crippen molar-refractivity contribution in [2.24, 2.45) is 0 Å². The molecule has 0 aromatic heterocycles. The standard InChI is InChI=1S/C16H22N2O3/c1-10(2)13-6-4-5-11(3)14(13)17-15(20)16(21)18-8-7-12(19)9-18/h4-6,10,12,19H,7-9H2,1-3H3,(H,17,20)/t12-/m1/s1. The molecule has 0 saturated carbocycles. The number of aliphatic hydroxyl groups excluding tert-OH is 1. The molecule has 114 valence electrons. The Morgan fingerprint density at radius 3 is 2.67 bits per heavy atom. The molecule has 2 amide bonds. The first kappa shape index (κ1) is 15.5. The van der Waals surface area contributed by atoms with E-state index in [0.717, 1.165) is 11.1 Å². The lowest BCUT2D eigenvalue weighted by Crippen LogP contribution is -2.39. The number of hydrogen-bond acceptors (Lipinski definition) is 3. The van der Waals surface area contributed by atoms with Gasteiger partial charge in [-0.25, -0.2) is 0 Å². The van der Waals surface area contributed by atoms with Crippen molar-refractivity contribution in [3.05, 3.63) is 29.3 Å². The van der Waals surface area contributed by atoms with Crippen molar-refractivity contribution in [1.82, 2.24) is 4.90 Å². The van der Waals surface area contributed by atoms with Crippen LogP contribution in [0.3, 0.4) is 0 Å². The Kier molecular flexibility index (Phi) is 4.63. The van der Waals surface area contributed by atoms with Crippen molar-refractivity contribution in [2.75, 3.05) is 18.4 Å². The van der Waals surface area contributed by atoms with E-state index in [1.54, 1.807) is 0 Å². The monoisotopic (exact) mass is 290 g/mol. The summed E-state index contributed by atoms with van der Waals surface area (Å²) in [6, 6.07) is 5.81. The van der Waals surface area contributed by atoms with Crippen molar-refractivity contribution in [2.45, 2.75) is 39.2 Å². The van der Waals surface area contributed by atoms with E-state index in [1.807, 2.05) is 39.0 Å². The molecule has 1 atom stereocenters. The summed E-state index contributed by atoms with van der Waals surface area (Å²) in [7, 11) is 0. The Morgan fingerprint density at radius 1 is 1.38 bits per heavy atom. The average Bonchev–Trinajstić information content (AvgIpc) is 2.86. The number of benzene rings is 1. The van der Waals surface area contributed by atoms with Gasteiger partial charge >= 0.3 is 11.8 Å². The first-order valence-corrected chi connectivity index (χ1v) is 7.28. The van der Waals surface area contributed by atoms with E-state index in [2.05, 4.69) is 5.32 Å². The first-order chi connectivity index (χ1) is 9.90. The Morgan fingerprint density at radius 2 is 2.10 bits per heavy atom. The highest BCUT2D eigenvalue weighted by molar-refractivity contribution is 6.39. The highest BCUT2D eigenvalue weighted by Gasteiger charge is 2.29. The molecule has 2 rings (SSSR count). The van der Waals surface area contributed by atoms with Crippen molar-refractivity contribution >= 4 is 17.5 Å². The number of β-amino-alcohol motifs (C(OH)–C–C–N with tert-alkyl or cyclic N) is 1. The smallest absolute Gasteiger partial charge is 0.313 e. The normalized spacial score (nSPS) is 18.1. The van der Waals surface area contributed by atoms with Crippen LogP contribution in [0.25, 0.3) is 0 Å². The number of anilines is 1. The quantitative estimate of drug-likeness (QED) is 0.814. The predicted octanol–water partition coefficient (Wildman–Crippen LogP) is 1.65. The second-order valence-corrected chi connectivity index (χ2v) is 5.84. The summed E-state index contributed by atoms with van der Waals surface area (Å²) < 4.78 is 0. The predicted molar refractivity (Wildman–Crippen MR) is 81.1 cm³/mol. The van der Waals surface area contributed by atoms with Gasteiger partial charge in [0.2, 0.25) is 0 Å². The van der Waals surface area contributed by atoms with Gasteiger partial charge in [0, 0.05) is 18.8 Å². The number of likely N-dealkylation sites (tertiary alicyclic amines) is 1. The maximum atomic E-state index is 12.1. The number of hydrogen-bond donors (Lipinski definition) is 2. The molecule has 1 aliphatic heterocycles. The molecular formula is C16H22N2O3. The summed E-state index contributed by atoms with van der Waals surface area (Å²) >= 11 is 0. The number of carbonyl (C=O) groups excluding carboxylic acids is 2. The molecule has 5 heteroatoms. The molecule has 5 nitrogen and oxygen atoms in total. The van der Waals surface area contributed by atoms with Gasteiger partial charge in [-0.15, -0.1) is 0 Å². The third-order valence-electron chi connectivity index (χ3n) is 3.81. The van der Waals surface area contributed by atoms with Gasteiger partial charge in [0.1, 0.15) is 0 Å². The molecule has 1 fully saturated rings. The van der Waals surface area contributed by atoms with Crippen molar-refractivity contribution in [3.8, 4) is 0 Å². The highest BCUT2D eigenvalue weighted by Crippen LogP contribution is 2.27. The minimum absolute atomic E-state index is 0.233. The summed E-state index contributed by atoms with van der Waals surface area (Å²) in [6.45, 7) is 6.66. The van der Waals surface area contributed by atoms with Crippen LogP contribution < -0.4 is 5.32 Å². The third-order valence-corrected chi connectivity index (χ3v) is 3.81. The van der Waals surface area contributed by atoms with Crippen molar-refractivity contribution in [1.29, 1.82) is 0 Å². The van der Waals surface area contributed by atoms with Gasteiger partial charge in [-0.3, -0.25) is 9.59 Å². The largest absolute Gasteiger partial charge is 0.391 e. The van der Waals surface area contributed by atoms with Crippen LogP contribution in [0.5, 0.6) is 0 Å². The lowest BCUT2D eigenvalue weighted by Gasteiger charge is -2.18. The fourth-order valence-electron chi connectivity index (χ4n) is 2.58. The van der Waals surface area contributed by atoms with Gasteiger partial charge in [0.05, 0.1) is 6.10 Å². The number of carbonyl (C=O) groups is 2. The topological polar surface area (TPSA) is 69.6 Å². The van der Waals surface area contributed by atoms with E-state index in [4.69, 9.17) is 0 Å². The molecule has 0 radical (unpaired) electrons. The summed E-state index contributed by atoms with van der Waals surface area (Å²) in [5.74, 6) is -0.964. The first-order valence-electron chi connectivity index (χ1n) is 7.28. The summed E-state index contributed by atoms with van der Waals surface area (Å²) in [4.78, 5) is 25.6. The number of nitrogens with zero attached hydrogens (tertiary/aromatic N) is 1. The van der Waals surface area contributed by atoms with Crippen LogP contribution in [0.15, 0.2) is 18.2 Å². The molecule has 0 unspecified atom stereocenters. The number of amides is 2. The summed E-state index contributed by atoms with van der Waals surface area (Å²) in [5.41, 5.74) is 2.66. The molecule has 0 bridgehead atoms. The van der Waals surface area contributed by atoms with Gasteiger partial charge in [-0.2, -0.15) is 0 Å². The molecule has 0 spiro atoms. The third kappa shape index (κ3) is 3.42. The van der Waals surface area contributed by atoms with E-state index in [1.165, 1.54) is 4.90 Å². The van der Waals surface area contributed by atoms with Crippen LogP contribution in [0.4, 0.5) is 5.69 Å². The molecule has 1 aromatic rings. The van der Waals surface area contributed by atoms with Gasteiger partial charge in [0.15, 0.2) is 0 Å². The molecule has 2 N–H and O–H groups in total. The maximum absolute atomic E-state index is 12.1. The van der Waals surface area contributed by atoms with Crippen LogP contribution in [-0.4, -0.2) is 41.0 Å². The maximum Gasteiger partial charge on any atom is 0.313 e. The van der Waals surface area contributed by atoms with Crippen LogP contribution in [0.2, 0.25) is 0 Å². The lowest BCUT2D eigenvalue weighted by atomic mass is 9.98. The van der Waals surface area contributed by atoms with Crippen LogP contribution >= 0.6 is 0 Å². The molecule has 0 aliphatic carbocycles. The van der Waals surface area contributed by atoms with Crippen LogP contribution in [0.1, 0.15) is 37.3 Å². The van der Waals surface area contributed by atoms with E-state index >= 15 is 0 Å². The molecule has 1 heterocycles.